The van der Waals surface area contributed by atoms with Crippen LogP contribution in [0.1, 0.15) is 41.4 Å². The van der Waals surface area contributed by atoms with Gasteiger partial charge in [0.1, 0.15) is 5.56 Å². The van der Waals surface area contributed by atoms with Gasteiger partial charge in [-0.15, -0.1) is 0 Å². The number of rotatable bonds is 3. The van der Waals surface area contributed by atoms with Crippen molar-refractivity contribution >= 4 is 11.6 Å². The summed E-state index contributed by atoms with van der Waals surface area (Å²) in [4.78, 5) is 21.2. The standard InChI is InChI=1S/C22H24F3N5O/c1-14(2)15-4-6-16(7-5-15)18-12-19(22(23,24)25)30-20(27-18)17(13-26-30)21(31)29-10-8-28(3)9-11-29/h4-7,12-14H,8-11H2,1-3H3. The summed E-state index contributed by atoms with van der Waals surface area (Å²) in [5.41, 5.74) is 0.825. The topological polar surface area (TPSA) is 53.7 Å². The Morgan fingerprint density at radius 3 is 2.29 bits per heavy atom. The number of hydrogen-bond donors (Lipinski definition) is 0. The van der Waals surface area contributed by atoms with E-state index >= 15 is 0 Å². The minimum Gasteiger partial charge on any atom is -0.336 e. The van der Waals surface area contributed by atoms with Crippen molar-refractivity contribution in [3.8, 4) is 11.3 Å². The number of halogens is 3. The molecular weight excluding hydrogens is 407 g/mol. The van der Waals surface area contributed by atoms with Gasteiger partial charge in [0.15, 0.2) is 11.3 Å². The van der Waals surface area contributed by atoms with Gasteiger partial charge in [-0.2, -0.15) is 18.3 Å². The molecule has 6 nitrogen and oxygen atoms in total. The van der Waals surface area contributed by atoms with E-state index in [0.717, 1.165) is 16.1 Å². The summed E-state index contributed by atoms with van der Waals surface area (Å²) in [6, 6.07) is 8.26. The molecule has 1 fully saturated rings. The lowest BCUT2D eigenvalue weighted by Gasteiger charge is -2.32. The molecule has 3 aromatic rings. The van der Waals surface area contributed by atoms with Crippen LogP contribution in [0.4, 0.5) is 13.2 Å². The van der Waals surface area contributed by atoms with Crippen molar-refractivity contribution in [2.45, 2.75) is 25.9 Å². The summed E-state index contributed by atoms with van der Waals surface area (Å²) < 4.78 is 42.1. The number of benzene rings is 1. The van der Waals surface area contributed by atoms with Crippen LogP contribution < -0.4 is 0 Å². The highest BCUT2D eigenvalue weighted by Gasteiger charge is 2.36. The lowest BCUT2D eigenvalue weighted by molar-refractivity contribution is -0.142. The number of nitrogens with zero attached hydrogens (tertiary/aromatic N) is 5. The Morgan fingerprint density at radius 2 is 1.71 bits per heavy atom. The first kappa shape index (κ1) is 21.3. The normalized spacial score (nSPS) is 15.8. The maximum absolute atomic E-state index is 13.8. The van der Waals surface area contributed by atoms with Crippen molar-refractivity contribution < 1.29 is 18.0 Å². The molecule has 1 saturated heterocycles. The highest BCUT2D eigenvalue weighted by molar-refractivity contribution is 6.00. The van der Waals surface area contributed by atoms with Gasteiger partial charge in [0.25, 0.3) is 5.91 Å². The molecule has 2 aromatic heterocycles. The summed E-state index contributed by atoms with van der Waals surface area (Å²) >= 11 is 0. The molecule has 0 unspecified atom stereocenters. The lowest BCUT2D eigenvalue weighted by atomic mass is 10.0. The number of carbonyl (C=O) groups excluding carboxylic acids is 1. The zero-order chi connectivity index (χ0) is 22.3. The van der Waals surface area contributed by atoms with Crippen molar-refractivity contribution in [3.05, 3.63) is 53.3 Å². The third-order valence-electron chi connectivity index (χ3n) is 5.66. The van der Waals surface area contributed by atoms with Gasteiger partial charge < -0.3 is 9.80 Å². The van der Waals surface area contributed by atoms with E-state index in [1.54, 1.807) is 17.0 Å². The van der Waals surface area contributed by atoms with Crippen LogP contribution in [0.25, 0.3) is 16.9 Å². The van der Waals surface area contributed by atoms with Gasteiger partial charge in [0.2, 0.25) is 0 Å². The summed E-state index contributed by atoms with van der Waals surface area (Å²) in [7, 11) is 1.96. The Bertz CT molecular complexity index is 1100. The summed E-state index contributed by atoms with van der Waals surface area (Å²) in [6.07, 6.45) is -3.46. The molecule has 1 aliphatic heterocycles. The number of amides is 1. The predicted octanol–water partition coefficient (Wildman–Crippen LogP) is 3.93. The summed E-state index contributed by atoms with van der Waals surface area (Å²) in [5, 5.41) is 3.86. The molecular formula is C22H24F3N5O. The van der Waals surface area contributed by atoms with Crippen molar-refractivity contribution in [3.63, 3.8) is 0 Å². The van der Waals surface area contributed by atoms with E-state index in [1.165, 1.54) is 6.20 Å². The molecule has 0 atom stereocenters. The van der Waals surface area contributed by atoms with Crippen molar-refractivity contribution in [1.29, 1.82) is 0 Å². The quantitative estimate of drug-likeness (QED) is 0.631. The number of alkyl halides is 3. The van der Waals surface area contributed by atoms with Crippen LogP contribution >= 0.6 is 0 Å². The Kier molecular flexibility index (Phi) is 5.47. The highest BCUT2D eigenvalue weighted by atomic mass is 19.4. The second-order valence-corrected chi connectivity index (χ2v) is 8.19. The van der Waals surface area contributed by atoms with Crippen LogP contribution in [0.2, 0.25) is 0 Å². The zero-order valence-corrected chi connectivity index (χ0v) is 17.6. The molecule has 0 bridgehead atoms. The Labute approximate surface area is 178 Å². The maximum Gasteiger partial charge on any atom is 0.433 e. The maximum atomic E-state index is 13.8. The molecule has 164 valence electrons. The monoisotopic (exact) mass is 431 g/mol. The highest BCUT2D eigenvalue weighted by Crippen LogP contribution is 2.33. The first-order valence-corrected chi connectivity index (χ1v) is 10.2. The van der Waals surface area contributed by atoms with Crippen LogP contribution in [-0.4, -0.2) is 63.5 Å². The van der Waals surface area contributed by atoms with E-state index in [2.05, 4.69) is 15.0 Å². The van der Waals surface area contributed by atoms with E-state index < -0.39 is 11.9 Å². The molecule has 1 aliphatic rings. The fourth-order valence-electron chi connectivity index (χ4n) is 3.68. The molecule has 1 amide bonds. The third-order valence-corrected chi connectivity index (χ3v) is 5.66. The largest absolute Gasteiger partial charge is 0.433 e. The van der Waals surface area contributed by atoms with E-state index in [0.29, 0.717) is 37.7 Å². The molecule has 1 aromatic carbocycles. The predicted molar refractivity (Wildman–Crippen MR) is 111 cm³/mol. The molecule has 0 N–H and O–H groups in total. The molecule has 0 aliphatic carbocycles. The Balaban J connectivity index is 1.81. The van der Waals surface area contributed by atoms with Crippen LogP contribution in [0.3, 0.4) is 0 Å². The van der Waals surface area contributed by atoms with Crippen molar-refractivity contribution in [2.24, 2.45) is 0 Å². The number of aromatic nitrogens is 3. The Morgan fingerprint density at radius 1 is 1.06 bits per heavy atom. The molecule has 0 radical (unpaired) electrons. The van der Waals surface area contributed by atoms with Gasteiger partial charge in [-0.05, 0) is 24.6 Å². The van der Waals surface area contributed by atoms with Crippen LogP contribution in [-0.2, 0) is 6.18 Å². The van der Waals surface area contributed by atoms with E-state index in [1.807, 2.05) is 33.0 Å². The van der Waals surface area contributed by atoms with E-state index in [-0.39, 0.29) is 22.8 Å². The van der Waals surface area contributed by atoms with E-state index in [9.17, 15) is 18.0 Å². The SMILES string of the molecule is CC(C)c1ccc(-c2cc(C(F)(F)F)n3ncc(C(=O)N4CCN(C)CC4)c3n2)cc1. The minimum atomic E-state index is -4.64. The molecule has 0 saturated carbocycles. The lowest BCUT2D eigenvalue weighted by Crippen LogP contribution is -2.47. The smallest absolute Gasteiger partial charge is 0.336 e. The average Bonchev–Trinajstić information content (AvgIpc) is 3.16. The van der Waals surface area contributed by atoms with Crippen LogP contribution in [0, 0.1) is 0 Å². The first-order chi connectivity index (χ1) is 14.6. The Hall–Kier alpha value is -2.94. The van der Waals surface area contributed by atoms with Crippen molar-refractivity contribution in [2.75, 3.05) is 33.2 Å². The number of carbonyl (C=O) groups is 1. The second-order valence-electron chi connectivity index (χ2n) is 8.19. The molecule has 31 heavy (non-hydrogen) atoms. The molecule has 3 heterocycles. The number of hydrogen-bond acceptors (Lipinski definition) is 4. The fraction of sp³-hybridized carbons (Fsp3) is 0.409. The number of piperazine rings is 1. The van der Waals surface area contributed by atoms with Gasteiger partial charge in [-0.1, -0.05) is 38.1 Å². The molecule has 0 spiro atoms. The third kappa shape index (κ3) is 4.14. The number of likely N-dealkylation sites (N-methyl/N-ethyl adjacent to an activating group) is 1. The van der Waals surface area contributed by atoms with E-state index in [4.69, 9.17) is 0 Å². The van der Waals surface area contributed by atoms with Crippen molar-refractivity contribution in [1.82, 2.24) is 24.4 Å². The van der Waals surface area contributed by atoms with Crippen LogP contribution in [0.5, 0.6) is 0 Å². The first-order valence-electron chi connectivity index (χ1n) is 10.2. The molecule has 4 rings (SSSR count). The second kappa shape index (κ2) is 7.96. The average molecular weight is 431 g/mol. The van der Waals surface area contributed by atoms with Gasteiger partial charge in [0.05, 0.1) is 11.9 Å². The summed E-state index contributed by atoms with van der Waals surface area (Å²) in [6.45, 7) is 6.52. The molecule has 9 heteroatoms. The minimum absolute atomic E-state index is 0.0794. The fourth-order valence-corrected chi connectivity index (χ4v) is 3.68. The summed E-state index contributed by atoms with van der Waals surface area (Å²) in [5.74, 6) is -0.0473. The van der Waals surface area contributed by atoms with Crippen LogP contribution in [0.15, 0.2) is 36.5 Å². The van der Waals surface area contributed by atoms with Gasteiger partial charge in [-0.3, -0.25) is 4.79 Å². The number of fused-ring (bicyclic) bond motifs is 1. The van der Waals surface area contributed by atoms with Gasteiger partial charge in [-0.25, -0.2) is 9.50 Å². The van der Waals surface area contributed by atoms with Gasteiger partial charge in [0, 0.05) is 31.7 Å². The van der Waals surface area contributed by atoms with Gasteiger partial charge >= 0.3 is 6.18 Å². The zero-order valence-electron chi connectivity index (χ0n) is 17.6.